The van der Waals surface area contributed by atoms with Crippen molar-refractivity contribution in [2.75, 3.05) is 17.2 Å². The zero-order valence-corrected chi connectivity index (χ0v) is 22.0. The van der Waals surface area contributed by atoms with Gasteiger partial charge in [-0.1, -0.05) is 17.7 Å². The lowest BCUT2D eigenvalue weighted by molar-refractivity contribution is -0.115. The standard InChI is InChI=1S/C27H24ClN3O3S2/c1-3-34-22-11-7-18(8-12-22)24-16-35-27(30-24)31-25(32)17(2)36-23-13-9-21(10-14-23)29-26(33)19-5-4-6-20(28)15-19/h4-17H,3H2,1-2H3,(H,29,33)(H,30,31,32). The minimum Gasteiger partial charge on any atom is -0.494 e. The van der Waals surface area contributed by atoms with Crippen molar-refractivity contribution in [2.45, 2.75) is 24.0 Å². The number of amides is 2. The molecule has 36 heavy (non-hydrogen) atoms. The summed E-state index contributed by atoms with van der Waals surface area (Å²) >= 11 is 8.77. The third-order valence-corrected chi connectivity index (χ3v) is 7.18. The number of nitrogens with one attached hydrogen (secondary N) is 2. The van der Waals surface area contributed by atoms with Gasteiger partial charge in [-0.25, -0.2) is 4.98 Å². The molecule has 0 aliphatic carbocycles. The van der Waals surface area contributed by atoms with E-state index >= 15 is 0 Å². The van der Waals surface area contributed by atoms with Gasteiger partial charge in [-0.15, -0.1) is 23.1 Å². The molecule has 1 aromatic heterocycles. The van der Waals surface area contributed by atoms with Crippen molar-refractivity contribution in [1.82, 2.24) is 4.98 Å². The first-order valence-corrected chi connectivity index (χ1v) is 13.4. The highest BCUT2D eigenvalue weighted by Crippen LogP contribution is 2.29. The molecule has 4 aromatic rings. The van der Waals surface area contributed by atoms with Crippen LogP contribution in [0.5, 0.6) is 5.75 Å². The molecule has 0 saturated heterocycles. The van der Waals surface area contributed by atoms with Gasteiger partial charge in [-0.2, -0.15) is 0 Å². The molecule has 3 aromatic carbocycles. The van der Waals surface area contributed by atoms with Gasteiger partial charge in [0.25, 0.3) is 5.91 Å². The quantitative estimate of drug-likeness (QED) is 0.220. The number of ether oxygens (including phenoxy) is 1. The van der Waals surface area contributed by atoms with Gasteiger partial charge in [0, 0.05) is 32.1 Å². The summed E-state index contributed by atoms with van der Waals surface area (Å²) in [7, 11) is 0. The number of hydrogen-bond donors (Lipinski definition) is 2. The average Bonchev–Trinajstić information content (AvgIpc) is 3.34. The fraction of sp³-hybridized carbons (Fsp3) is 0.148. The highest BCUT2D eigenvalue weighted by atomic mass is 35.5. The van der Waals surface area contributed by atoms with Gasteiger partial charge in [-0.3, -0.25) is 9.59 Å². The molecule has 6 nitrogen and oxygen atoms in total. The summed E-state index contributed by atoms with van der Waals surface area (Å²) in [4.78, 5) is 30.6. The Kier molecular flexibility index (Phi) is 8.64. The molecule has 184 valence electrons. The number of carbonyl (C=O) groups is 2. The minimum absolute atomic E-state index is 0.133. The average molecular weight is 538 g/mol. The molecule has 0 radical (unpaired) electrons. The smallest absolute Gasteiger partial charge is 0.255 e. The number of rotatable bonds is 9. The molecule has 2 N–H and O–H groups in total. The Bertz CT molecular complexity index is 1340. The molecule has 0 fully saturated rings. The van der Waals surface area contributed by atoms with Gasteiger partial charge in [0.2, 0.25) is 5.91 Å². The van der Waals surface area contributed by atoms with Crippen molar-refractivity contribution in [3.8, 4) is 17.0 Å². The van der Waals surface area contributed by atoms with Crippen molar-refractivity contribution in [3.63, 3.8) is 0 Å². The van der Waals surface area contributed by atoms with Crippen LogP contribution in [-0.2, 0) is 4.79 Å². The van der Waals surface area contributed by atoms with Crippen molar-refractivity contribution < 1.29 is 14.3 Å². The fourth-order valence-electron chi connectivity index (χ4n) is 3.27. The van der Waals surface area contributed by atoms with Crippen LogP contribution in [0.25, 0.3) is 11.3 Å². The SMILES string of the molecule is CCOc1ccc(-c2csc(NC(=O)C(C)Sc3ccc(NC(=O)c4cccc(Cl)c4)cc3)n2)cc1. The molecule has 1 heterocycles. The van der Waals surface area contributed by atoms with Crippen LogP contribution in [0.15, 0.2) is 83.1 Å². The molecule has 9 heteroatoms. The van der Waals surface area contributed by atoms with E-state index in [9.17, 15) is 9.59 Å². The van der Waals surface area contributed by atoms with Crippen molar-refractivity contribution in [3.05, 3.63) is 88.8 Å². The summed E-state index contributed by atoms with van der Waals surface area (Å²) < 4.78 is 5.48. The monoisotopic (exact) mass is 537 g/mol. The minimum atomic E-state index is -0.338. The van der Waals surface area contributed by atoms with Crippen LogP contribution >= 0.6 is 34.7 Å². The second-order valence-corrected chi connectivity index (χ2v) is 10.4. The van der Waals surface area contributed by atoms with Gasteiger partial charge in [-0.05, 0) is 80.6 Å². The predicted molar refractivity (Wildman–Crippen MR) is 149 cm³/mol. The van der Waals surface area contributed by atoms with E-state index in [1.165, 1.54) is 23.1 Å². The number of thiazole rings is 1. The first-order valence-electron chi connectivity index (χ1n) is 11.2. The second kappa shape index (κ2) is 12.1. The Morgan fingerprint density at radius 1 is 1.06 bits per heavy atom. The topological polar surface area (TPSA) is 80.3 Å². The number of aromatic nitrogens is 1. The van der Waals surface area contributed by atoms with Crippen LogP contribution in [0.3, 0.4) is 0 Å². The van der Waals surface area contributed by atoms with Crippen LogP contribution in [0.1, 0.15) is 24.2 Å². The van der Waals surface area contributed by atoms with Gasteiger partial charge in [0.1, 0.15) is 5.75 Å². The van der Waals surface area contributed by atoms with E-state index in [0.29, 0.717) is 28.0 Å². The molecule has 0 saturated carbocycles. The van der Waals surface area contributed by atoms with Crippen LogP contribution < -0.4 is 15.4 Å². The number of anilines is 2. The molecular weight excluding hydrogens is 514 g/mol. The molecule has 0 bridgehead atoms. The number of carbonyl (C=O) groups excluding carboxylic acids is 2. The Balaban J connectivity index is 1.30. The number of benzene rings is 3. The lowest BCUT2D eigenvalue weighted by Gasteiger charge is -2.11. The van der Waals surface area contributed by atoms with Crippen molar-refractivity contribution in [2.24, 2.45) is 0 Å². The second-order valence-electron chi connectivity index (χ2n) is 7.73. The zero-order valence-electron chi connectivity index (χ0n) is 19.7. The Morgan fingerprint density at radius 2 is 1.81 bits per heavy atom. The van der Waals surface area contributed by atoms with E-state index in [0.717, 1.165) is 21.9 Å². The number of halogens is 1. The van der Waals surface area contributed by atoms with Crippen LogP contribution in [0.4, 0.5) is 10.8 Å². The fourth-order valence-corrected chi connectivity index (χ4v) is 5.05. The van der Waals surface area contributed by atoms with Crippen LogP contribution in [-0.4, -0.2) is 28.7 Å². The largest absolute Gasteiger partial charge is 0.494 e. The number of thioether (sulfide) groups is 1. The van der Waals surface area contributed by atoms with Gasteiger partial charge >= 0.3 is 0 Å². The normalized spacial score (nSPS) is 11.5. The molecule has 0 spiro atoms. The molecule has 0 aliphatic rings. The Hall–Kier alpha value is -3.33. The maximum Gasteiger partial charge on any atom is 0.255 e. The zero-order chi connectivity index (χ0) is 25.5. The Morgan fingerprint density at radius 3 is 2.50 bits per heavy atom. The first-order chi connectivity index (χ1) is 17.4. The molecular formula is C27H24ClN3O3S2. The maximum absolute atomic E-state index is 12.7. The lowest BCUT2D eigenvalue weighted by atomic mass is 10.2. The van der Waals surface area contributed by atoms with Crippen molar-refractivity contribution in [1.29, 1.82) is 0 Å². The van der Waals surface area contributed by atoms with E-state index in [-0.39, 0.29) is 17.1 Å². The van der Waals surface area contributed by atoms with E-state index in [1.54, 1.807) is 36.4 Å². The Labute approximate surface area is 223 Å². The first kappa shape index (κ1) is 25.8. The molecule has 2 amide bonds. The van der Waals surface area contributed by atoms with E-state index in [4.69, 9.17) is 16.3 Å². The molecule has 4 rings (SSSR count). The molecule has 0 aliphatic heterocycles. The van der Waals surface area contributed by atoms with E-state index in [2.05, 4.69) is 15.6 Å². The summed E-state index contributed by atoms with van der Waals surface area (Å²) in [6, 6.07) is 21.8. The van der Waals surface area contributed by atoms with E-state index < -0.39 is 0 Å². The lowest BCUT2D eigenvalue weighted by Crippen LogP contribution is -2.22. The van der Waals surface area contributed by atoms with Crippen LogP contribution in [0.2, 0.25) is 5.02 Å². The highest BCUT2D eigenvalue weighted by molar-refractivity contribution is 8.00. The summed E-state index contributed by atoms with van der Waals surface area (Å²) in [6.07, 6.45) is 0. The third kappa shape index (κ3) is 6.87. The maximum atomic E-state index is 12.7. The molecule has 1 atom stereocenters. The van der Waals surface area contributed by atoms with Crippen LogP contribution in [0, 0.1) is 0 Å². The number of nitrogens with zero attached hydrogens (tertiary/aromatic N) is 1. The molecule has 1 unspecified atom stereocenters. The summed E-state index contributed by atoms with van der Waals surface area (Å²) in [5.41, 5.74) is 2.90. The number of hydrogen-bond acceptors (Lipinski definition) is 6. The van der Waals surface area contributed by atoms with Crippen molar-refractivity contribution >= 4 is 57.3 Å². The summed E-state index contributed by atoms with van der Waals surface area (Å²) in [6.45, 7) is 4.41. The highest BCUT2D eigenvalue weighted by Gasteiger charge is 2.17. The predicted octanol–water partition coefficient (Wildman–Crippen LogP) is 7.23. The third-order valence-electron chi connectivity index (χ3n) is 5.08. The summed E-state index contributed by atoms with van der Waals surface area (Å²) in [5.74, 6) is 0.442. The van der Waals surface area contributed by atoms with E-state index in [1.807, 2.05) is 55.6 Å². The van der Waals surface area contributed by atoms with Gasteiger partial charge in [0.05, 0.1) is 17.6 Å². The van der Waals surface area contributed by atoms with Gasteiger partial charge in [0.15, 0.2) is 5.13 Å². The summed E-state index contributed by atoms with van der Waals surface area (Å²) in [5, 5.41) is 8.38. The van der Waals surface area contributed by atoms with Gasteiger partial charge < -0.3 is 15.4 Å².